The Morgan fingerprint density at radius 2 is 2.05 bits per heavy atom. The Labute approximate surface area is 127 Å². The van der Waals surface area contributed by atoms with Gasteiger partial charge in [-0.25, -0.2) is 4.79 Å². The summed E-state index contributed by atoms with van der Waals surface area (Å²) in [6.07, 6.45) is 1.68. The molecule has 0 aliphatic heterocycles. The number of urea groups is 1. The summed E-state index contributed by atoms with van der Waals surface area (Å²) in [7, 11) is 0. The number of hydrogen-bond acceptors (Lipinski definition) is 2. The fourth-order valence-corrected chi connectivity index (χ4v) is 1.99. The maximum atomic E-state index is 11.9. The zero-order chi connectivity index (χ0) is 14.5. The van der Waals surface area contributed by atoms with Crippen LogP contribution in [0.5, 0.6) is 0 Å². The van der Waals surface area contributed by atoms with Crippen LogP contribution in [-0.4, -0.2) is 11.0 Å². The van der Waals surface area contributed by atoms with E-state index in [-0.39, 0.29) is 12.1 Å². The van der Waals surface area contributed by atoms with Crippen LogP contribution in [0.4, 0.5) is 10.5 Å². The third kappa shape index (κ3) is 3.85. The van der Waals surface area contributed by atoms with Gasteiger partial charge in [0.1, 0.15) is 0 Å². The second-order valence-corrected chi connectivity index (χ2v) is 5.04. The normalized spacial score (nSPS) is 11.8. The standard InChI is InChI=1S/C14H13Cl2N3O/c1-9(12-4-2-3-7-17-12)18-14(20)19-13-8-10(15)5-6-11(13)16/h2-9H,1H3,(H2,18,19,20)/t9-/m1/s1. The van der Waals surface area contributed by atoms with Gasteiger partial charge in [-0.05, 0) is 37.3 Å². The molecular weight excluding hydrogens is 297 g/mol. The topological polar surface area (TPSA) is 54.0 Å². The van der Waals surface area contributed by atoms with Gasteiger partial charge >= 0.3 is 6.03 Å². The molecule has 4 nitrogen and oxygen atoms in total. The highest BCUT2D eigenvalue weighted by molar-refractivity contribution is 6.35. The van der Waals surface area contributed by atoms with Crippen molar-refractivity contribution in [3.05, 3.63) is 58.3 Å². The highest BCUT2D eigenvalue weighted by Gasteiger charge is 2.11. The molecule has 1 aromatic carbocycles. The number of anilines is 1. The molecule has 0 aliphatic rings. The molecule has 0 unspecified atom stereocenters. The Bertz CT molecular complexity index is 605. The number of carbonyl (C=O) groups is 1. The summed E-state index contributed by atoms with van der Waals surface area (Å²) in [5.41, 5.74) is 1.24. The largest absolute Gasteiger partial charge is 0.330 e. The second-order valence-electron chi connectivity index (χ2n) is 4.20. The number of nitrogens with zero attached hydrogens (tertiary/aromatic N) is 1. The lowest BCUT2D eigenvalue weighted by atomic mass is 10.2. The van der Waals surface area contributed by atoms with Crippen molar-refractivity contribution in [2.75, 3.05) is 5.32 Å². The van der Waals surface area contributed by atoms with Crippen molar-refractivity contribution >= 4 is 34.9 Å². The number of amides is 2. The molecule has 2 rings (SSSR count). The highest BCUT2D eigenvalue weighted by atomic mass is 35.5. The van der Waals surface area contributed by atoms with Crippen molar-refractivity contribution in [2.24, 2.45) is 0 Å². The number of halogens is 2. The average molecular weight is 310 g/mol. The average Bonchev–Trinajstić information content (AvgIpc) is 2.43. The lowest BCUT2D eigenvalue weighted by Crippen LogP contribution is -2.31. The van der Waals surface area contributed by atoms with Crippen molar-refractivity contribution in [1.82, 2.24) is 10.3 Å². The summed E-state index contributed by atoms with van der Waals surface area (Å²) in [4.78, 5) is 16.1. The Hall–Kier alpha value is -1.78. The Morgan fingerprint density at radius 3 is 2.75 bits per heavy atom. The third-order valence-corrected chi connectivity index (χ3v) is 3.22. The highest BCUT2D eigenvalue weighted by Crippen LogP contribution is 2.25. The van der Waals surface area contributed by atoms with Gasteiger partial charge in [-0.2, -0.15) is 0 Å². The van der Waals surface area contributed by atoms with E-state index in [2.05, 4.69) is 15.6 Å². The number of nitrogens with one attached hydrogen (secondary N) is 2. The molecule has 0 fully saturated rings. The minimum absolute atomic E-state index is 0.214. The van der Waals surface area contributed by atoms with Gasteiger partial charge in [0.15, 0.2) is 0 Å². The van der Waals surface area contributed by atoms with Crippen LogP contribution < -0.4 is 10.6 Å². The summed E-state index contributed by atoms with van der Waals surface area (Å²) < 4.78 is 0. The minimum atomic E-state index is -0.368. The zero-order valence-electron chi connectivity index (χ0n) is 10.7. The lowest BCUT2D eigenvalue weighted by Gasteiger charge is -2.14. The van der Waals surface area contributed by atoms with Gasteiger partial charge < -0.3 is 10.6 Å². The van der Waals surface area contributed by atoms with Crippen LogP contribution in [0.25, 0.3) is 0 Å². The van der Waals surface area contributed by atoms with Crippen LogP contribution in [0.3, 0.4) is 0 Å². The smallest absolute Gasteiger partial charge is 0.319 e. The molecule has 0 radical (unpaired) electrons. The summed E-state index contributed by atoms with van der Waals surface area (Å²) in [6, 6.07) is 9.83. The van der Waals surface area contributed by atoms with E-state index in [0.29, 0.717) is 15.7 Å². The van der Waals surface area contributed by atoms with Crippen molar-refractivity contribution in [3.8, 4) is 0 Å². The summed E-state index contributed by atoms with van der Waals surface area (Å²) in [5, 5.41) is 6.36. The number of rotatable bonds is 3. The fraction of sp³-hybridized carbons (Fsp3) is 0.143. The first-order valence-corrected chi connectivity index (χ1v) is 6.75. The van der Waals surface area contributed by atoms with Crippen LogP contribution in [-0.2, 0) is 0 Å². The maximum absolute atomic E-state index is 11.9. The first-order valence-electron chi connectivity index (χ1n) is 6.00. The van der Waals surface area contributed by atoms with Gasteiger partial charge in [0.25, 0.3) is 0 Å². The molecule has 1 atom stereocenters. The van der Waals surface area contributed by atoms with E-state index in [4.69, 9.17) is 23.2 Å². The Morgan fingerprint density at radius 1 is 1.25 bits per heavy atom. The minimum Gasteiger partial charge on any atom is -0.330 e. The van der Waals surface area contributed by atoms with Gasteiger partial charge in [-0.15, -0.1) is 0 Å². The molecule has 20 heavy (non-hydrogen) atoms. The first-order chi connectivity index (χ1) is 9.56. The number of benzene rings is 1. The maximum Gasteiger partial charge on any atom is 0.319 e. The van der Waals surface area contributed by atoms with Crippen molar-refractivity contribution in [3.63, 3.8) is 0 Å². The molecule has 0 aliphatic carbocycles. The fourth-order valence-electron chi connectivity index (χ4n) is 1.65. The van der Waals surface area contributed by atoms with Gasteiger partial charge in [-0.1, -0.05) is 29.3 Å². The number of hydrogen-bond donors (Lipinski definition) is 2. The molecule has 0 spiro atoms. The van der Waals surface area contributed by atoms with Crippen molar-refractivity contribution in [2.45, 2.75) is 13.0 Å². The van der Waals surface area contributed by atoms with Gasteiger partial charge in [0.05, 0.1) is 22.4 Å². The lowest BCUT2D eigenvalue weighted by molar-refractivity contribution is 0.249. The Balaban J connectivity index is 2.01. The number of aromatic nitrogens is 1. The van der Waals surface area contributed by atoms with Gasteiger partial charge in [-0.3, -0.25) is 4.98 Å². The molecule has 2 aromatic rings. The monoisotopic (exact) mass is 309 g/mol. The molecule has 104 valence electrons. The van der Waals surface area contributed by atoms with E-state index >= 15 is 0 Å². The van der Waals surface area contributed by atoms with Gasteiger partial charge in [0.2, 0.25) is 0 Å². The number of pyridine rings is 1. The zero-order valence-corrected chi connectivity index (χ0v) is 12.2. The molecular formula is C14H13Cl2N3O. The van der Waals surface area contributed by atoms with E-state index in [9.17, 15) is 4.79 Å². The predicted octanol–water partition coefficient (Wildman–Crippen LogP) is 4.27. The molecule has 2 amide bonds. The molecule has 6 heteroatoms. The van der Waals surface area contributed by atoms with Crippen LogP contribution in [0, 0.1) is 0 Å². The summed E-state index contributed by atoms with van der Waals surface area (Å²) >= 11 is 11.8. The van der Waals surface area contributed by atoms with E-state index < -0.39 is 0 Å². The molecule has 2 N–H and O–H groups in total. The van der Waals surface area contributed by atoms with E-state index in [1.807, 2.05) is 25.1 Å². The van der Waals surface area contributed by atoms with Crippen LogP contribution in [0.2, 0.25) is 10.0 Å². The molecule has 1 heterocycles. The van der Waals surface area contributed by atoms with Crippen LogP contribution in [0.1, 0.15) is 18.7 Å². The van der Waals surface area contributed by atoms with E-state index in [1.165, 1.54) is 0 Å². The van der Waals surface area contributed by atoms with Crippen LogP contribution >= 0.6 is 23.2 Å². The third-order valence-electron chi connectivity index (χ3n) is 2.66. The first kappa shape index (κ1) is 14.6. The van der Waals surface area contributed by atoms with Crippen molar-refractivity contribution in [1.29, 1.82) is 0 Å². The molecule has 0 bridgehead atoms. The Kier molecular flexibility index (Phi) is 4.82. The molecule has 0 saturated heterocycles. The summed E-state index contributed by atoms with van der Waals surface area (Å²) in [5.74, 6) is 0. The van der Waals surface area contributed by atoms with Crippen molar-refractivity contribution < 1.29 is 4.79 Å². The summed E-state index contributed by atoms with van der Waals surface area (Å²) in [6.45, 7) is 1.85. The van der Waals surface area contributed by atoms with Crippen LogP contribution in [0.15, 0.2) is 42.6 Å². The molecule has 0 saturated carbocycles. The number of carbonyl (C=O) groups excluding carboxylic acids is 1. The second kappa shape index (κ2) is 6.59. The quantitative estimate of drug-likeness (QED) is 0.889. The van der Waals surface area contributed by atoms with Gasteiger partial charge in [0, 0.05) is 11.2 Å². The van der Waals surface area contributed by atoms with E-state index in [1.54, 1.807) is 24.4 Å². The molecule has 1 aromatic heterocycles. The SMILES string of the molecule is C[C@@H](NC(=O)Nc1cc(Cl)ccc1Cl)c1ccccn1. The predicted molar refractivity (Wildman–Crippen MR) is 81.3 cm³/mol. The van der Waals surface area contributed by atoms with E-state index in [0.717, 1.165) is 5.69 Å².